The van der Waals surface area contributed by atoms with Crippen molar-refractivity contribution in [3.8, 4) is 0 Å². The lowest BCUT2D eigenvalue weighted by Gasteiger charge is -2.12. The predicted octanol–water partition coefficient (Wildman–Crippen LogP) is 4.46. The Bertz CT molecular complexity index is 1200. The quantitative estimate of drug-likeness (QED) is 0.555. The Balaban J connectivity index is 1.49. The van der Waals surface area contributed by atoms with Crippen LogP contribution in [0.2, 0.25) is 0 Å². The summed E-state index contributed by atoms with van der Waals surface area (Å²) < 4.78 is 10.5. The lowest BCUT2D eigenvalue weighted by atomic mass is 9.95. The fraction of sp³-hybridized carbons (Fsp3) is 0.333. The average molecular weight is 453 g/mol. The standard InChI is InChI=1S/C24H24N2O5S/c1-3-30-24(29)21-16-9-5-7-11-19(16)32-22(21)26-20(27)13-31-23(28)17-12-14(2)25-18-10-6-4-8-15(17)18/h4,6,8,10,12H,3,5,7,9,11,13H2,1-2H3,(H,26,27). The Morgan fingerprint density at radius 2 is 1.88 bits per heavy atom. The highest BCUT2D eigenvalue weighted by Crippen LogP contribution is 2.38. The highest BCUT2D eigenvalue weighted by molar-refractivity contribution is 7.17. The van der Waals surface area contributed by atoms with E-state index in [1.807, 2.05) is 18.2 Å². The predicted molar refractivity (Wildman–Crippen MR) is 122 cm³/mol. The van der Waals surface area contributed by atoms with E-state index >= 15 is 0 Å². The minimum absolute atomic E-state index is 0.258. The maximum Gasteiger partial charge on any atom is 0.341 e. The number of esters is 2. The first-order valence-corrected chi connectivity index (χ1v) is 11.4. The van der Waals surface area contributed by atoms with E-state index < -0.39 is 24.5 Å². The van der Waals surface area contributed by atoms with E-state index in [2.05, 4.69) is 10.3 Å². The second-order valence-corrected chi connectivity index (χ2v) is 8.69. The first kappa shape index (κ1) is 22.0. The van der Waals surface area contributed by atoms with E-state index in [4.69, 9.17) is 9.47 Å². The molecule has 1 N–H and O–H groups in total. The molecule has 8 heteroatoms. The Labute approximate surface area is 189 Å². The van der Waals surface area contributed by atoms with Crippen molar-refractivity contribution in [2.75, 3.05) is 18.5 Å². The molecule has 2 heterocycles. The highest BCUT2D eigenvalue weighted by atomic mass is 32.1. The van der Waals surface area contributed by atoms with Crippen molar-refractivity contribution < 1.29 is 23.9 Å². The lowest BCUT2D eigenvalue weighted by molar-refractivity contribution is -0.119. The van der Waals surface area contributed by atoms with E-state index in [0.717, 1.165) is 36.1 Å². The molecule has 166 valence electrons. The maximum absolute atomic E-state index is 12.7. The Hall–Kier alpha value is -3.26. The van der Waals surface area contributed by atoms with Gasteiger partial charge < -0.3 is 14.8 Å². The second kappa shape index (κ2) is 9.48. The number of hydrogen-bond donors (Lipinski definition) is 1. The Morgan fingerprint density at radius 1 is 1.09 bits per heavy atom. The van der Waals surface area contributed by atoms with Crippen LogP contribution in [0.1, 0.15) is 56.6 Å². The van der Waals surface area contributed by atoms with Gasteiger partial charge in [0.25, 0.3) is 5.91 Å². The van der Waals surface area contributed by atoms with Gasteiger partial charge in [-0.3, -0.25) is 9.78 Å². The van der Waals surface area contributed by atoms with Crippen LogP contribution in [0.5, 0.6) is 0 Å². The molecule has 32 heavy (non-hydrogen) atoms. The number of thiophene rings is 1. The first-order valence-electron chi connectivity index (χ1n) is 10.6. The third-order valence-corrected chi connectivity index (χ3v) is 6.51. The fourth-order valence-corrected chi connectivity index (χ4v) is 5.21. The number of amides is 1. The Kier molecular flexibility index (Phi) is 6.50. The molecule has 1 amide bonds. The van der Waals surface area contributed by atoms with E-state index in [0.29, 0.717) is 32.7 Å². The molecule has 3 aromatic rings. The van der Waals surface area contributed by atoms with Crippen LogP contribution in [0.15, 0.2) is 30.3 Å². The Morgan fingerprint density at radius 3 is 2.69 bits per heavy atom. The molecule has 0 bridgehead atoms. The van der Waals surface area contributed by atoms with Crippen LogP contribution in [0.3, 0.4) is 0 Å². The molecule has 1 aliphatic rings. The van der Waals surface area contributed by atoms with Crippen LogP contribution in [0.4, 0.5) is 5.00 Å². The maximum atomic E-state index is 12.7. The summed E-state index contributed by atoms with van der Waals surface area (Å²) in [7, 11) is 0. The van der Waals surface area contributed by atoms with E-state index in [9.17, 15) is 14.4 Å². The van der Waals surface area contributed by atoms with Crippen LogP contribution >= 0.6 is 11.3 Å². The van der Waals surface area contributed by atoms with E-state index in [-0.39, 0.29) is 6.61 Å². The summed E-state index contributed by atoms with van der Waals surface area (Å²) in [6.07, 6.45) is 3.73. The van der Waals surface area contributed by atoms with Gasteiger partial charge in [0, 0.05) is 16.0 Å². The van der Waals surface area contributed by atoms with Crippen molar-refractivity contribution in [2.45, 2.75) is 39.5 Å². The van der Waals surface area contributed by atoms with Crippen molar-refractivity contribution in [1.29, 1.82) is 0 Å². The van der Waals surface area contributed by atoms with E-state index in [1.165, 1.54) is 11.3 Å². The molecule has 2 aromatic heterocycles. The van der Waals surface area contributed by atoms with Gasteiger partial charge in [0.2, 0.25) is 0 Å². The number of fused-ring (bicyclic) bond motifs is 2. The molecule has 0 radical (unpaired) electrons. The van der Waals surface area contributed by atoms with Gasteiger partial charge in [-0.15, -0.1) is 11.3 Å². The zero-order valence-corrected chi connectivity index (χ0v) is 18.8. The number of para-hydroxylation sites is 1. The number of nitrogens with one attached hydrogen (secondary N) is 1. The summed E-state index contributed by atoms with van der Waals surface area (Å²) >= 11 is 1.40. The van der Waals surface area contributed by atoms with Gasteiger partial charge in [-0.05, 0) is 57.2 Å². The molecule has 7 nitrogen and oxygen atoms in total. The van der Waals surface area contributed by atoms with Gasteiger partial charge in [-0.2, -0.15) is 0 Å². The van der Waals surface area contributed by atoms with Gasteiger partial charge in [0.05, 0.1) is 23.3 Å². The van der Waals surface area contributed by atoms with Crippen LogP contribution < -0.4 is 5.32 Å². The molecule has 0 saturated carbocycles. The summed E-state index contributed by atoms with van der Waals surface area (Å²) in [6.45, 7) is 3.34. The molecule has 0 saturated heterocycles. The number of carbonyl (C=O) groups is 3. The second-order valence-electron chi connectivity index (χ2n) is 7.59. The van der Waals surface area contributed by atoms with Crippen molar-refractivity contribution in [2.24, 2.45) is 0 Å². The molecule has 0 unspecified atom stereocenters. The zero-order valence-electron chi connectivity index (χ0n) is 18.0. The lowest BCUT2D eigenvalue weighted by Crippen LogP contribution is -2.22. The smallest absolute Gasteiger partial charge is 0.341 e. The van der Waals surface area contributed by atoms with Gasteiger partial charge in [0.1, 0.15) is 5.00 Å². The van der Waals surface area contributed by atoms with Crippen LogP contribution in [0.25, 0.3) is 10.9 Å². The fourth-order valence-electron chi connectivity index (χ4n) is 3.92. The van der Waals surface area contributed by atoms with Gasteiger partial charge in [0.15, 0.2) is 6.61 Å². The van der Waals surface area contributed by atoms with Crippen LogP contribution in [0, 0.1) is 6.92 Å². The van der Waals surface area contributed by atoms with Crippen LogP contribution in [-0.4, -0.2) is 36.0 Å². The molecule has 0 atom stereocenters. The highest BCUT2D eigenvalue weighted by Gasteiger charge is 2.27. The topological polar surface area (TPSA) is 94.6 Å². The molecule has 1 aromatic carbocycles. The summed E-state index contributed by atoms with van der Waals surface area (Å²) in [4.78, 5) is 43.3. The summed E-state index contributed by atoms with van der Waals surface area (Å²) in [5, 5.41) is 3.88. The SMILES string of the molecule is CCOC(=O)c1c(NC(=O)COC(=O)c2cc(C)nc3ccccc23)sc2c1CCCC2. The van der Waals surface area contributed by atoms with Crippen molar-refractivity contribution in [1.82, 2.24) is 4.98 Å². The molecule has 1 aliphatic carbocycles. The minimum Gasteiger partial charge on any atom is -0.462 e. The number of anilines is 1. The third-order valence-electron chi connectivity index (χ3n) is 5.30. The number of hydrogen-bond acceptors (Lipinski definition) is 7. The van der Waals surface area contributed by atoms with Crippen LogP contribution in [-0.2, 0) is 27.1 Å². The number of rotatable bonds is 6. The van der Waals surface area contributed by atoms with Gasteiger partial charge >= 0.3 is 11.9 Å². The monoisotopic (exact) mass is 452 g/mol. The first-order chi connectivity index (χ1) is 15.5. The average Bonchev–Trinajstić information content (AvgIpc) is 3.14. The van der Waals surface area contributed by atoms with Crippen molar-refractivity contribution in [3.63, 3.8) is 0 Å². The zero-order chi connectivity index (χ0) is 22.7. The molecule has 0 spiro atoms. The van der Waals surface area contributed by atoms with Gasteiger partial charge in [-0.25, -0.2) is 9.59 Å². The number of benzene rings is 1. The largest absolute Gasteiger partial charge is 0.462 e. The number of aryl methyl sites for hydroxylation is 2. The summed E-state index contributed by atoms with van der Waals surface area (Å²) in [5.74, 6) is -1.53. The summed E-state index contributed by atoms with van der Waals surface area (Å²) in [5.41, 5.74) is 3.13. The number of carbonyl (C=O) groups excluding carboxylic acids is 3. The summed E-state index contributed by atoms with van der Waals surface area (Å²) in [6, 6.07) is 8.92. The van der Waals surface area contributed by atoms with E-state index in [1.54, 1.807) is 26.0 Å². The number of pyridine rings is 1. The molecule has 0 aliphatic heterocycles. The normalized spacial score (nSPS) is 12.8. The number of aromatic nitrogens is 1. The number of nitrogens with zero attached hydrogens (tertiary/aromatic N) is 1. The molecule has 4 rings (SSSR count). The molecular formula is C24H24N2O5S. The van der Waals surface area contributed by atoms with Gasteiger partial charge in [-0.1, -0.05) is 18.2 Å². The van der Waals surface area contributed by atoms with Crippen molar-refractivity contribution >= 4 is 45.1 Å². The molecular weight excluding hydrogens is 428 g/mol. The molecule has 0 fully saturated rings. The minimum atomic E-state index is -0.599. The van der Waals surface area contributed by atoms with Crippen molar-refractivity contribution in [3.05, 3.63) is 57.6 Å². The number of ether oxygens (including phenoxy) is 2. The third kappa shape index (κ3) is 4.50.